The molecule has 1 atom stereocenters. The zero-order chi connectivity index (χ0) is 14.8. The Morgan fingerprint density at radius 1 is 1.10 bits per heavy atom. The molecule has 3 heteroatoms. The summed E-state index contributed by atoms with van der Waals surface area (Å²) in [7, 11) is 0. The number of hydrogen-bond donors (Lipinski definition) is 1. The lowest BCUT2D eigenvalue weighted by molar-refractivity contribution is -0.117. The van der Waals surface area contributed by atoms with Gasteiger partial charge < -0.3 is 10.1 Å². The second-order valence-electron chi connectivity index (χ2n) is 5.64. The number of carbonyl (C=O) groups excluding carboxylic acids is 1. The molecule has 1 heterocycles. The van der Waals surface area contributed by atoms with E-state index in [0.717, 1.165) is 22.6 Å². The van der Waals surface area contributed by atoms with Crippen molar-refractivity contribution in [2.45, 2.75) is 32.3 Å². The Morgan fingerprint density at radius 3 is 2.52 bits per heavy atom. The molecular weight excluding hydrogens is 262 g/mol. The maximum atomic E-state index is 12.1. The zero-order valence-electron chi connectivity index (χ0n) is 12.3. The molecule has 0 aliphatic carbocycles. The summed E-state index contributed by atoms with van der Waals surface area (Å²) in [6.07, 6.45) is 0.883. The Balaban J connectivity index is 1.76. The van der Waals surface area contributed by atoms with Gasteiger partial charge >= 0.3 is 0 Å². The Morgan fingerprint density at radius 2 is 1.81 bits per heavy atom. The Hall–Kier alpha value is -2.29. The van der Waals surface area contributed by atoms with Crippen molar-refractivity contribution in [3.63, 3.8) is 0 Å². The normalized spacial score (nSPS) is 16.7. The maximum absolute atomic E-state index is 12.1. The fourth-order valence-electron chi connectivity index (χ4n) is 2.69. The van der Waals surface area contributed by atoms with Gasteiger partial charge in [0.1, 0.15) is 5.75 Å². The van der Waals surface area contributed by atoms with Crippen molar-refractivity contribution in [1.82, 2.24) is 0 Å². The van der Waals surface area contributed by atoms with Crippen LogP contribution in [0.3, 0.4) is 0 Å². The molecule has 1 N–H and O–H groups in total. The predicted molar refractivity (Wildman–Crippen MR) is 83.7 cm³/mol. The summed E-state index contributed by atoms with van der Waals surface area (Å²) in [4.78, 5) is 12.1. The molecule has 0 aromatic heterocycles. The monoisotopic (exact) mass is 281 g/mol. The van der Waals surface area contributed by atoms with Gasteiger partial charge in [0.2, 0.25) is 5.91 Å². The number of fused-ring (bicyclic) bond motifs is 1. The minimum Gasteiger partial charge on any atom is -0.491 e. The molecule has 0 spiro atoms. The third-order valence-electron chi connectivity index (χ3n) is 3.65. The van der Waals surface area contributed by atoms with E-state index >= 15 is 0 Å². The zero-order valence-corrected chi connectivity index (χ0v) is 12.3. The smallest absolute Gasteiger partial charge is 0.232 e. The van der Waals surface area contributed by atoms with Crippen LogP contribution >= 0.6 is 0 Å². The highest BCUT2D eigenvalue weighted by Crippen LogP contribution is 2.34. The topological polar surface area (TPSA) is 38.3 Å². The first-order valence-electron chi connectivity index (χ1n) is 7.29. The molecule has 0 radical (unpaired) electrons. The van der Waals surface area contributed by atoms with Crippen molar-refractivity contribution < 1.29 is 9.53 Å². The van der Waals surface area contributed by atoms with Gasteiger partial charge in [-0.15, -0.1) is 0 Å². The average Bonchev–Trinajstić information content (AvgIpc) is 2.77. The summed E-state index contributed by atoms with van der Waals surface area (Å²) in [5.41, 5.74) is 3.17. The van der Waals surface area contributed by atoms with Crippen molar-refractivity contribution in [1.29, 1.82) is 0 Å². The molecule has 0 saturated carbocycles. The number of anilines is 1. The van der Waals surface area contributed by atoms with Crippen molar-refractivity contribution in [2.24, 2.45) is 0 Å². The molecule has 1 amide bonds. The molecule has 2 aromatic rings. The van der Waals surface area contributed by atoms with E-state index in [4.69, 9.17) is 4.74 Å². The number of para-hydroxylation sites is 1. The van der Waals surface area contributed by atoms with E-state index in [9.17, 15) is 4.79 Å². The van der Waals surface area contributed by atoms with E-state index < -0.39 is 0 Å². The number of benzene rings is 2. The average molecular weight is 281 g/mol. The SMILES string of the molecule is CC(C)Oc1ccc(C[C@@H]2C(=O)Nc3ccccc32)cc1. The number of amides is 1. The number of rotatable bonds is 4. The minimum absolute atomic E-state index is 0.0821. The lowest BCUT2D eigenvalue weighted by Crippen LogP contribution is -2.14. The molecule has 2 aromatic carbocycles. The Bertz CT molecular complexity index is 647. The highest BCUT2D eigenvalue weighted by atomic mass is 16.5. The van der Waals surface area contributed by atoms with Crippen LogP contribution < -0.4 is 10.1 Å². The third kappa shape index (κ3) is 2.92. The van der Waals surface area contributed by atoms with Crippen LogP contribution in [0.5, 0.6) is 5.75 Å². The third-order valence-corrected chi connectivity index (χ3v) is 3.65. The fraction of sp³-hybridized carbons (Fsp3) is 0.278. The standard InChI is InChI=1S/C18H19NO2/c1-12(2)21-14-9-7-13(8-10-14)11-16-15-5-3-4-6-17(15)19-18(16)20/h3-10,12,16H,11H2,1-2H3,(H,19,20)/t16-/m0/s1. The summed E-state index contributed by atoms with van der Waals surface area (Å²) in [6.45, 7) is 4.02. The van der Waals surface area contributed by atoms with Crippen LogP contribution in [-0.4, -0.2) is 12.0 Å². The van der Waals surface area contributed by atoms with E-state index in [0.29, 0.717) is 6.42 Å². The Kier molecular flexibility index (Phi) is 3.65. The fourth-order valence-corrected chi connectivity index (χ4v) is 2.69. The van der Waals surface area contributed by atoms with Crippen LogP contribution in [0.25, 0.3) is 0 Å². The molecule has 0 saturated heterocycles. The number of ether oxygens (including phenoxy) is 1. The first kappa shape index (κ1) is 13.7. The van der Waals surface area contributed by atoms with Crippen molar-refractivity contribution in [3.05, 3.63) is 59.7 Å². The second-order valence-corrected chi connectivity index (χ2v) is 5.64. The van der Waals surface area contributed by atoms with Crippen LogP contribution in [0.1, 0.15) is 30.9 Å². The molecule has 0 unspecified atom stereocenters. The first-order valence-corrected chi connectivity index (χ1v) is 7.29. The van der Waals surface area contributed by atoms with Gasteiger partial charge in [-0.1, -0.05) is 30.3 Å². The summed E-state index contributed by atoms with van der Waals surface area (Å²) in [5, 5.41) is 2.94. The van der Waals surface area contributed by atoms with E-state index in [1.54, 1.807) is 0 Å². The molecule has 0 fully saturated rings. The van der Waals surface area contributed by atoms with Crippen molar-refractivity contribution in [3.8, 4) is 5.75 Å². The second kappa shape index (κ2) is 5.60. The van der Waals surface area contributed by atoms with Gasteiger partial charge in [-0.3, -0.25) is 4.79 Å². The van der Waals surface area contributed by atoms with Gasteiger partial charge in [0.05, 0.1) is 12.0 Å². The summed E-state index contributed by atoms with van der Waals surface area (Å²) < 4.78 is 5.64. The van der Waals surface area contributed by atoms with E-state index in [1.807, 2.05) is 62.4 Å². The Labute approximate surface area is 124 Å². The van der Waals surface area contributed by atoms with Gasteiger partial charge in [-0.05, 0) is 49.6 Å². The van der Waals surface area contributed by atoms with Crippen molar-refractivity contribution in [2.75, 3.05) is 5.32 Å². The quantitative estimate of drug-likeness (QED) is 0.926. The largest absolute Gasteiger partial charge is 0.491 e. The van der Waals surface area contributed by atoms with Crippen LogP contribution in [-0.2, 0) is 11.2 Å². The molecule has 1 aliphatic rings. The summed E-state index contributed by atoms with van der Waals surface area (Å²) in [5.74, 6) is 0.849. The first-order chi connectivity index (χ1) is 10.1. The molecule has 108 valence electrons. The van der Waals surface area contributed by atoms with Crippen LogP contribution in [0, 0.1) is 0 Å². The number of carbonyl (C=O) groups is 1. The van der Waals surface area contributed by atoms with Gasteiger partial charge in [0, 0.05) is 5.69 Å². The van der Waals surface area contributed by atoms with E-state index in [-0.39, 0.29) is 17.9 Å². The number of hydrogen-bond acceptors (Lipinski definition) is 2. The van der Waals surface area contributed by atoms with Crippen LogP contribution in [0.4, 0.5) is 5.69 Å². The van der Waals surface area contributed by atoms with Gasteiger partial charge in [-0.2, -0.15) is 0 Å². The van der Waals surface area contributed by atoms with E-state index in [1.165, 1.54) is 0 Å². The van der Waals surface area contributed by atoms with Gasteiger partial charge in [0.15, 0.2) is 0 Å². The summed E-state index contributed by atoms with van der Waals surface area (Å²) in [6, 6.07) is 15.9. The molecule has 0 bridgehead atoms. The van der Waals surface area contributed by atoms with Gasteiger partial charge in [-0.25, -0.2) is 0 Å². The molecule has 3 rings (SSSR count). The predicted octanol–water partition coefficient (Wildman–Crippen LogP) is 3.75. The van der Waals surface area contributed by atoms with Crippen LogP contribution in [0.2, 0.25) is 0 Å². The highest BCUT2D eigenvalue weighted by molar-refractivity contribution is 6.03. The molecule has 1 aliphatic heterocycles. The maximum Gasteiger partial charge on any atom is 0.232 e. The molecule has 21 heavy (non-hydrogen) atoms. The van der Waals surface area contributed by atoms with Crippen LogP contribution in [0.15, 0.2) is 48.5 Å². The van der Waals surface area contributed by atoms with Gasteiger partial charge in [0.25, 0.3) is 0 Å². The lowest BCUT2D eigenvalue weighted by Gasteiger charge is -2.12. The highest BCUT2D eigenvalue weighted by Gasteiger charge is 2.29. The number of nitrogens with one attached hydrogen (secondary N) is 1. The molecular formula is C18H19NO2. The lowest BCUT2D eigenvalue weighted by atomic mass is 9.93. The molecule has 3 nitrogen and oxygen atoms in total. The van der Waals surface area contributed by atoms with E-state index in [2.05, 4.69) is 5.32 Å². The minimum atomic E-state index is -0.0990. The summed E-state index contributed by atoms with van der Waals surface area (Å²) >= 11 is 0. The van der Waals surface area contributed by atoms with Crippen molar-refractivity contribution >= 4 is 11.6 Å².